The highest BCUT2D eigenvalue weighted by atomic mass is 35.5. The number of hydrogen-bond donors (Lipinski definition) is 1. The molecule has 17 heavy (non-hydrogen) atoms. The number of hydrogen-bond acceptors (Lipinski definition) is 2. The molecule has 1 unspecified atom stereocenters. The van der Waals surface area contributed by atoms with E-state index in [9.17, 15) is 0 Å². The van der Waals surface area contributed by atoms with Gasteiger partial charge in [0.15, 0.2) is 0 Å². The summed E-state index contributed by atoms with van der Waals surface area (Å²) in [5.74, 6) is 1.63. The molecule has 0 saturated carbocycles. The fraction of sp³-hybridized carbons (Fsp3) is 0.357. The highest BCUT2D eigenvalue weighted by Gasteiger charge is 2.06. The molecule has 90 valence electrons. The SMILES string of the molecule is Cc1cc2ccccc2nc1NC(C)CCCl. The quantitative estimate of drug-likeness (QED) is 0.828. The molecule has 0 fully saturated rings. The Morgan fingerprint density at radius 1 is 1.35 bits per heavy atom. The number of aromatic nitrogens is 1. The summed E-state index contributed by atoms with van der Waals surface area (Å²) in [5.41, 5.74) is 2.20. The predicted molar refractivity (Wildman–Crippen MR) is 74.9 cm³/mol. The Morgan fingerprint density at radius 3 is 2.88 bits per heavy atom. The van der Waals surface area contributed by atoms with Gasteiger partial charge in [0, 0.05) is 17.3 Å². The first-order valence-electron chi connectivity index (χ1n) is 5.89. The van der Waals surface area contributed by atoms with Crippen LogP contribution in [0.3, 0.4) is 0 Å². The lowest BCUT2D eigenvalue weighted by Gasteiger charge is -2.15. The molecule has 0 saturated heterocycles. The largest absolute Gasteiger partial charge is 0.367 e. The molecule has 0 aliphatic rings. The summed E-state index contributed by atoms with van der Waals surface area (Å²) in [7, 11) is 0. The Labute approximate surface area is 107 Å². The van der Waals surface area contributed by atoms with Crippen molar-refractivity contribution in [1.29, 1.82) is 0 Å². The van der Waals surface area contributed by atoms with Gasteiger partial charge >= 0.3 is 0 Å². The molecule has 1 heterocycles. The maximum atomic E-state index is 5.74. The van der Waals surface area contributed by atoms with E-state index in [2.05, 4.69) is 36.3 Å². The zero-order valence-corrected chi connectivity index (χ0v) is 11.0. The lowest BCUT2D eigenvalue weighted by Crippen LogP contribution is -2.17. The summed E-state index contributed by atoms with van der Waals surface area (Å²) in [5, 5.41) is 4.59. The van der Waals surface area contributed by atoms with Gasteiger partial charge in [0.05, 0.1) is 5.52 Å². The smallest absolute Gasteiger partial charge is 0.129 e. The Bertz CT molecular complexity index is 511. The lowest BCUT2D eigenvalue weighted by atomic mass is 10.1. The average molecular weight is 249 g/mol. The minimum Gasteiger partial charge on any atom is -0.367 e. The van der Waals surface area contributed by atoms with Crippen molar-refractivity contribution in [2.45, 2.75) is 26.3 Å². The fourth-order valence-electron chi connectivity index (χ4n) is 1.84. The van der Waals surface area contributed by atoms with E-state index in [1.165, 1.54) is 10.9 Å². The van der Waals surface area contributed by atoms with E-state index in [0.29, 0.717) is 11.9 Å². The van der Waals surface area contributed by atoms with E-state index in [4.69, 9.17) is 11.6 Å². The van der Waals surface area contributed by atoms with Crippen molar-refractivity contribution in [3.63, 3.8) is 0 Å². The van der Waals surface area contributed by atoms with E-state index < -0.39 is 0 Å². The number of nitrogens with one attached hydrogen (secondary N) is 1. The van der Waals surface area contributed by atoms with E-state index in [1.54, 1.807) is 0 Å². The maximum Gasteiger partial charge on any atom is 0.129 e. The third-order valence-electron chi connectivity index (χ3n) is 2.84. The van der Waals surface area contributed by atoms with Crippen LogP contribution in [-0.2, 0) is 0 Å². The van der Waals surface area contributed by atoms with E-state index in [-0.39, 0.29) is 0 Å². The summed E-state index contributed by atoms with van der Waals surface area (Å²) in [4.78, 5) is 4.64. The normalized spacial score (nSPS) is 12.6. The van der Waals surface area contributed by atoms with Crippen LogP contribution in [0.1, 0.15) is 18.9 Å². The number of aryl methyl sites for hydroxylation is 1. The third kappa shape index (κ3) is 2.89. The van der Waals surface area contributed by atoms with Gasteiger partial charge in [0.2, 0.25) is 0 Å². The van der Waals surface area contributed by atoms with Crippen molar-refractivity contribution in [2.24, 2.45) is 0 Å². The van der Waals surface area contributed by atoms with Crippen LogP contribution in [-0.4, -0.2) is 16.9 Å². The third-order valence-corrected chi connectivity index (χ3v) is 3.06. The lowest BCUT2D eigenvalue weighted by molar-refractivity contribution is 0.763. The molecule has 0 aliphatic heterocycles. The Hall–Kier alpha value is -1.28. The second-order valence-electron chi connectivity index (χ2n) is 4.37. The van der Waals surface area contributed by atoms with Crippen molar-refractivity contribution in [3.05, 3.63) is 35.9 Å². The van der Waals surface area contributed by atoms with Crippen molar-refractivity contribution >= 4 is 28.3 Å². The van der Waals surface area contributed by atoms with Gasteiger partial charge in [-0.05, 0) is 38.0 Å². The van der Waals surface area contributed by atoms with Gasteiger partial charge in [-0.25, -0.2) is 4.98 Å². The van der Waals surface area contributed by atoms with Crippen molar-refractivity contribution in [2.75, 3.05) is 11.2 Å². The monoisotopic (exact) mass is 248 g/mol. The number of alkyl halides is 1. The van der Waals surface area contributed by atoms with Crippen LogP contribution in [0.15, 0.2) is 30.3 Å². The number of fused-ring (bicyclic) bond motifs is 1. The van der Waals surface area contributed by atoms with Gasteiger partial charge in [-0.1, -0.05) is 18.2 Å². The predicted octanol–water partition coefficient (Wildman–Crippen LogP) is 3.97. The van der Waals surface area contributed by atoms with Crippen LogP contribution in [0.2, 0.25) is 0 Å². The van der Waals surface area contributed by atoms with E-state index in [1.807, 2.05) is 18.2 Å². The van der Waals surface area contributed by atoms with E-state index in [0.717, 1.165) is 17.8 Å². The Balaban J connectivity index is 2.31. The van der Waals surface area contributed by atoms with Crippen LogP contribution in [0, 0.1) is 6.92 Å². The highest BCUT2D eigenvalue weighted by Crippen LogP contribution is 2.20. The van der Waals surface area contributed by atoms with Gasteiger partial charge < -0.3 is 5.32 Å². The molecule has 2 rings (SSSR count). The highest BCUT2D eigenvalue weighted by molar-refractivity contribution is 6.17. The fourth-order valence-corrected chi connectivity index (χ4v) is 2.16. The molecule has 1 atom stereocenters. The first-order chi connectivity index (χ1) is 8.20. The number of pyridine rings is 1. The number of benzene rings is 1. The molecular weight excluding hydrogens is 232 g/mol. The molecule has 1 aromatic heterocycles. The number of nitrogens with zero attached hydrogens (tertiary/aromatic N) is 1. The molecule has 0 radical (unpaired) electrons. The van der Waals surface area contributed by atoms with Gasteiger partial charge in [-0.3, -0.25) is 0 Å². The zero-order chi connectivity index (χ0) is 12.3. The topological polar surface area (TPSA) is 24.9 Å². The molecule has 0 bridgehead atoms. The van der Waals surface area contributed by atoms with Gasteiger partial charge in [-0.2, -0.15) is 0 Å². The molecule has 2 aromatic rings. The molecule has 0 aliphatic carbocycles. The number of anilines is 1. The minimum absolute atomic E-state index is 0.347. The van der Waals surface area contributed by atoms with Gasteiger partial charge in [0.1, 0.15) is 5.82 Å². The molecule has 1 aromatic carbocycles. The summed E-state index contributed by atoms with van der Waals surface area (Å²) < 4.78 is 0. The molecule has 0 amide bonds. The molecule has 3 heteroatoms. The maximum absolute atomic E-state index is 5.74. The van der Waals surface area contributed by atoms with Gasteiger partial charge in [0.25, 0.3) is 0 Å². The number of para-hydroxylation sites is 1. The van der Waals surface area contributed by atoms with Crippen LogP contribution in [0.5, 0.6) is 0 Å². The second kappa shape index (κ2) is 5.37. The summed E-state index contributed by atoms with van der Waals surface area (Å²) >= 11 is 5.74. The zero-order valence-electron chi connectivity index (χ0n) is 10.2. The van der Waals surface area contributed by atoms with Crippen LogP contribution in [0.25, 0.3) is 10.9 Å². The van der Waals surface area contributed by atoms with E-state index >= 15 is 0 Å². The molecule has 0 spiro atoms. The Kier molecular flexibility index (Phi) is 3.85. The first kappa shape index (κ1) is 12.2. The second-order valence-corrected chi connectivity index (χ2v) is 4.75. The van der Waals surface area contributed by atoms with Crippen molar-refractivity contribution < 1.29 is 0 Å². The van der Waals surface area contributed by atoms with Crippen molar-refractivity contribution in [3.8, 4) is 0 Å². The summed E-state index contributed by atoms with van der Waals surface area (Å²) in [6, 6.07) is 10.7. The average Bonchev–Trinajstić information content (AvgIpc) is 2.30. The minimum atomic E-state index is 0.347. The summed E-state index contributed by atoms with van der Waals surface area (Å²) in [6.07, 6.45) is 0.940. The molecular formula is C14H17ClN2. The molecule has 2 nitrogen and oxygen atoms in total. The Morgan fingerprint density at radius 2 is 2.12 bits per heavy atom. The molecule has 1 N–H and O–H groups in total. The van der Waals surface area contributed by atoms with Crippen LogP contribution < -0.4 is 5.32 Å². The van der Waals surface area contributed by atoms with Crippen LogP contribution in [0.4, 0.5) is 5.82 Å². The standard InChI is InChI=1S/C14H17ClN2/c1-10-9-12-5-3-4-6-13(12)17-14(10)16-11(2)7-8-15/h3-6,9,11H,7-8H2,1-2H3,(H,16,17). The van der Waals surface area contributed by atoms with Crippen LogP contribution >= 0.6 is 11.6 Å². The number of halogens is 1. The first-order valence-corrected chi connectivity index (χ1v) is 6.43. The van der Waals surface area contributed by atoms with Gasteiger partial charge in [-0.15, -0.1) is 11.6 Å². The van der Waals surface area contributed by atoms with Crippen molar-refractivity contribution in [1.82, 2.24) is 4.98 Å². The summed E-state index contributed by atoms with van der Waals surface area (Å²) in [6.45, 7) is 4.20. The number of rotatable bonds is 4.